The second-order valence-corrected chi connectivity index (χ2v) is 8.39. The number of ether oxygens (including phenoxy) is 1. The van der Waals surface area contributed by atoms with E-state index >= 15 is 0 Å². The second-order valence-electron chi connectivity index (χ2n) is 8.39. The van der Waals surface area contributed by atoms with Crippen LogP contribution in [0, 0.1) is 0 Å². The lowest BCUT2D eigenvalue weighted by atomic mass is 9.92. The molecule has 0 aliphatic carbocycles. The van der Waals surface area contributed by atoms with Gasteiger partial charge in [-0.2, -0.15) is 0 Å². The average molecular weight is 440 g/mol. The molecule has 0 saturated carbocycles. The van der Waals surface area contributed by atoms with Gasteiger partial charge in [-0.3, -0.25) is 0 Å². The zero-order valence-electron chi connectivity index (χ0n) is 17.9. The molecular weight excluding hydrogens is 416 g/mol. The van der Waals surface area contributed by atoms with E-state index in [0.717, 1.165) is 28.7 Å². The van der Waals surface area contributed by atoms with Gasteiger partial charge in [-0.05, 0) is 83.1 Å². The second kappa shape index (κ2) is 8.52. The van der Waals surface area contributed by atoms with Gasteiger partial charge in [0.25, 0.3) is 0 Å². The molecule has 4 heterocycles. The highest BCUT2D eigenvalue weighted by Gasteiger charge is 2.16. The van der Waals surface area contributed by atoms with Gasteiger partial charge < -0.3 is 25.2 Å². The molecule has 8 rings (SSSR count). The Labute approximate surface area is 191 Å². The van der Waals surface area contributed by atoms with E-state index in [1.165, 1.54) is 6.07 Å². The van der Waals surface area contributed by atoms with Crippen molar-refractivity contribution in [2.75, 3.05) is 0 Å². The number of aliphatic hydroxyl groups is 1. The lowest BCUT2D eigenvalue weighted by Crippen LogP contribution is -2.03. The summed E-state index contributed by atoms with van der Waals surface area (Å²) in [5.74, 6) is 1.14. The van der Waals surface area contributed by atoms with Crippen molar-refractivity contribution >= 4 is 0 Å². The van der Waals surface area contributed by atoms with E-state index in [2.05, 4.69) is 0 Å². The van der Waals surface area contributed by atoms with Crippen LogP contribution in [0.2, 0.25) is 0 Å². The van der Waals surface area contributed by atoms with E-state index in [0.29, 0.717) is 23.3 Å². The molecule has 4 aromatic carbocycles. The Bertz CT molecular complexity index is 1310. The number of aliphatic hydroxyl groups excluding tert-OH is 1. The smallest absolute Gasteiger partial charge is 0.169 e. The molecule has 166 valence electrons. The van der Waals surface area contributed by atoms with Gasteiger partial charge in [-0.15, -0.1) is 0 Å². The first-order valence-electron chi connectivity index (χ1n) is 10.9. The van der Waals surface area contributed by atoms with Crippen molar-refractivity contribution < 1.29 is 25.2 Å². The third kappa shape index (κ3) is 4.36. The minimum atomic E-state index is -0.844. The molecule has 1 atom stereocenters. The van der Waals surface area contributed by atoms with Gasteiger partial charge in [0.2, 0.25) is 0 Å². The number of phenols is 3. The van der Waals surface area contributed by atoms with Crippen molar-refractivity contribution in [3.63, 3.8) is 0 Å². The molecule has 1 unspecified atom stereocenters. The van der Waals surface area contributed by atoms with E-state index < -0.39 is 6.10 Å². The lowest BCUT2D eigenvalue weighted by Gasteiger charge is -2.17. The van der Waals surface area contributed by atoms with Crippen molar-refractivity contribution in [3.8, 4) is 39.9 Å². The summed E-state index contributed by atoms with van der Waals surface area (Å²) in [4.78, 5) is 0. The Balaban J connectivity index is 1.61. The largest absolute Gasteiger partial charge is 0.508 e. The fourth-order valence-electron chi connectivity index (χ4n) is 4.27. The Hall–Kier alpha value is -3.96. The molecule has 4 aromatic rings. The monoisotopic (exact) mass is 440 g/mol. The highest BCUT2D eigenvalue weighted by Crippen LogP contribution is 2.37. The minimum absolute atomic E-state index is 0.0113. The number of aromatic hydroxyl groups is 3. The first kappa shape index (κ1) is 20.9. The van der Waals surface area contributed by atoms with Crippen LogP contribution in [0.3, 0.4) is 0 Å². The van der Waals surface area contributed by atoms with Crippen LogP contribution in [-0.2, 0) is 19.3 Å². The van der Waals surface area contributed by atoms with Crippen LogP contribution in [0.4, 0.5) is 0 Å². The van der Waals surface area contributed by atoms with E-state index in [1.807, 2.05) is 42.5 Å². The molecule has 4 aliphatic heterocycles. The standard InChI is InChI=1S/C28H24O5/c29-21-7-11-23-19(15-21)5-1-17-2-8-22(9-3-17)33-28-16-20(6-12-25(28)30)26(31)13-18-4-10-24(23)27(32)14-18/h2-4,6-12,14-16,26,29-32H,1,5,13H2. The maximum absolute atomic E-state index is 10.8. The van der Waals surface area contributed by atoms with Crippen LogP contribution in [0.15, 0.2) is 78.9 Å². The summed E-state index contributed by atoms with van der Waals surface area (Å²) in [5, 5.41) is 41.9. The molecule has 0 amide bonds. The summed E-state index contributed by atoms with van der Waals surface area (Å²) < 4.78 is 5.88. The predicted octanol–water partition coefficient (Wildman–Crippen LogP) is 5.64. The molecule has 0 saturated heterocycles. The third-order valence-electron chi connectivity index (χ3n) is 6.07. The molecule has 5 nitrogen and oxygen atoms in total. The normalized spacial score (nSPS) is 15.4. The molecule has 4 N–H and O–H groups in total. The number of hydrogen-bond acceptors (Lipinski definition) is 5. The molecule has 0 aromatic heterocycles. The highest BCUT2D eigenvalue weighted by molar-refractivity contribution is 5.74. The molecule has 0 fully saturated rings. The number of phenolic OH excluding ortho intramolecular Hbond substituents is 3. The maximum Gasteiger partial charge on any atom is 0.169 e. The molecular formula is C28H24O5. The molecule has 6 bridgehead atoms. The Morgan fingerprint density at radius 1 is 0.667 bits per heavy atom. The summed E-state index contributed by atoms with van der Waals surface area (Å²) in [6, 6.07) is 23.0. The minimum Gasteiger partial charge on any atom is -0.508 e. The topological polar surface area (TPSA) is 90.2 Å². The molecule has 0 spiro atoms. The fraction of sp³-hybridized carbons (Fsp3) is 0.143. The van der Waals surface area contributed by atoms with E-state index in [4.69, 9.17) is 4.74 Å². The Kier molecular flexibility index (Phi) is 5.40. The Morgan fingerprint density at radius 2 is 1.42 bits per heavy atom. The number of hydrogen-bond donors (Lipinski definition) is 4. The maximum atomic E-state index is 10.8. The van der Waals surface area contributed by atoms with Crippen LogP contribution in [0.1, 0.15) is 28.4 Å². The van der Waals surface area contributed by atoms with Gasteiger partial charge in [-0.25, -0.2) is 0 Å². The predicted molar refractivity (Wildman–Crippen MR) is 126 cm³/mol. The SMILES string of the molecule is Oc1ccc2c(c1)CCc1ccc(cc1)Oc1cc(ccc1O)C(O)Cc1ccc-2c(O)c1. The van der Waals surface area contributed by atoms with Gasteiger partial charge in [-0.1, -0.05) is 36.4 Å². The van der Waals surface area contributed by atoms with E-state index in [-0.39, 0.29) is 29.4 Å². The van der Waals surface area contributed by atoms with Crippen molar-refractivity contribution in [3.05, 3.63) is 101 Å². The first-order valence-corrected chi connectivity index (χ1v) is 10.9. The van der Waals surface area contributed by atoms with Crippen LogP contribution in [-0.4, -0.2) is 20.4 Å². The third-order valence-corrected chi connectivity index (χ3v) is 6.07. The quantitative estimate of drug-likeness (QED) is 0.284. The number of benzene rings is 4. The van der Waals surface area contributed by atoms with Crippen LogP contribution in [0.25, 0.3) is 11.1 Å². The fourth-order valence-corrected chi connectivity index (χ4v) is 4.27. The summed E-state index contributed by atoms with van der Waals surface area (Å²) in [6.45, 7) is 0. The van der Waals surface area contributed by atoms with Gasteiger partial charge >= 0.3 is 0 Å². The van der Waals surface area contributed by atoms with E-state index in [1.54, 1.807) is 30.3 Å². The number of aryl methyl sites for hydroxylation is 2. The van der Waals surface area contributed by atoms with E-state index in [9.17, 15) is 20.4 Å². The lowest BCUT2D eigenvalue weighted by molar-refractivity contribution is 0.178. The number of rotatable bonds is 0. The Morgan fingerprint density at radius 3 is 2.21 bits per heavy atom. The van der Waals surface area contributed by atoms with Crippen LogP contribution in [0.5, 0.6) is 28.7 Å². The van der Waals surface area contributed by atoms with Gasteiger partial charge in [0, 0.05) is 12.0 Å². The summed E-state index contributed by atoms with van der Waals surface area (Å²) in [7, 11) is 0. The van der Waals surface area contributed by atoms with Crippen molar-refractivity contribution in [2.24, 2.45) is 0 Å². The molecule has 5 heteroatoms. The van der Waals surface area contributed by atoms with Gasteiger partial charge in [0.15, 0.2) is 11.5 Å². The average Bonchev–Trinajstić information content (AvgIpc) is 2.80. The van der Waals surface area contributed by atoms with Crippen LogP contribution >= 0.6 is 0 Å². The molecule has 33 heavy (non-hydrogen) atoms. The molecule has 0 radical (unpaired) electrons. The summed E-state index contributed by atoms with van der Waals surface area (Å²) >= 11 is 0. The van der Waals surface area contributed by atoms with Crippen LogP contribution < -0.4 is 4.74 Å². The van der Waals surface area contributed by atoms with Gasteiger partial charge in [0.05, 0.1) is 6.10 Å². The zero-order chi connectivity index (χ0) is 22.9. The van der Waals surface area contributed by atoms with Crippen molar-refractivity contribution in [1.29, 1.82) is 0 Å². The van der Waals surface area contributed by atoms with Crippen molar-refractivity contribution in [2.45, 2.75) is 25.4 Å². The first-order chi connectivity index (χ1) is 16.0. The molecule has 4 aliphatic rings. The zero-order valence-corrected chi connectivity index (χ0v) is 17.9. The van der Waals surface area contributed by atoms with Gasteiger partial charge in [0.1, 0.15) is 17.2 Å². The highest BCUT2D eigenvalue weighted by atomic mass is 16.5. The summed E-state index contributed by atoms with van der Waals surface area (Å²) in [6.07, 6.45) is 0.855. The summed E-state index contributed by atoms with van der Waals surface area (Å²) in [5.41, 5.74) is 4.94. The van der Waals surface area contributed by atoms with Crippen molar-refractivity contribution in [1.82, 2.24) is 0 Å².